The molecule has 0 aromatic heterocycles. The van der Waals surface area contributed by atoms with Crippen LogP contribution in [0.5, 0.6) is 0 Å². The zero-order chi connectivity index (χ0) is 9.19. The third-order valence-electron chi connectivity index (χ3n) is 2.09. The lowest BCUT2D eigenvalue weighted by atomic mass is 9.94. The van der Waals surface area contributed by atoms with Crippen molar-refractivity contribution in [3.63, 3.8) is 0 Å². The van der Waals surface area contributed by atoms with Crippen molar-refractivity contribution in [2.24, 2.45) is 0 Å². The van der Waals surface area contributed by atoms with Crippen LogP contribution in [0, 0.1) is 0 Å². The predicted octanol–water partition coefficient (Wildman–Crippen LogP) is 0.0794. The van der Waals surface area contributed by atoms with Gasteiger partial charge in [-0.15, -0.1) is 0 Å². The lowest BCUT2D eigenvalue weighted by Crippen LogP contribution is -2.49. The van der Waals surface area contributed by atoms with Gasteiger partial charge in [0.1, 0.15) is 5.54 Å². The molecule has 0 aromatic carbocycles. The number of aliphatic carboxylic acids is 1. The normalized spacial score (nSPS) is 28.6. The van der Waals surface area contributed by atoms with E-state index in [0.29, 0.717) is 0 Å². The highest BCUT2D eigenvalue weighted by molar-refractivity contribution is 5.90. The summed E-state index contributed by atoms with van der Waals surface area (Å²) in [6.07, 6.45) is 0.214. The first kappa shape index (κ1) is 8.96. The lowest BCUT2D eigenvalue weighted by Gasteiger charge is -2.21. The van der Waals surface area contributed by atoms with E-state index in [1.54, 1.807) is 0 Å². The number of carbonyl (C=O) groups excluding carboxylic acids is 1. The largest absolute Gasteiger partial charge is 0.480 e. The van der Waals surface area contributed by atoms with E-state index in [2.05, 4.69) is 5.32 Å². The number of carbonyl (C=O) groups is 2. The molecule has 1 heterocycles. The van der Waals surface area contributed by atoms with Crippen LogP contribution in [0.2, 0.25) is 0 Å². The van der Waals surface area contributed by atoms with E-state index >= 15 is 0 Å². The van der Waals surface area contributed by atoms with Crippen LogP contribution in [-0.4, -0.2) is 29.2 Å². The molecule has 0 saturated carbocycles. The number of carboxylic acids is 1. The van der Waals surface area contributed by atoms with Gasteiger partial charge in [-0.2, -0.15) is 0 Å². The highest BCUT2D eigenvalue weighted by atomic mass is 19.1. The maximum atomic E-state index is 12.0. The minimum atomic E-state index is -1.34. The molecule has 0 aromatic rings. The summed E-state index contributed by atoms with van der Waals surface area (Å²) in [6, 6.07) is 0. The standard InChI is InChI=1S/C7H10FNO3/c8-4-3-7(6(11)12)2-1-5(10)9-7/h1-4H2,(H,9,10)(H,11,12). The van der Waals surface area contributed by atoms with Gasteiger partial charge in [-0.3, -0.25) is 9.18 Å². The van der Waals surface area contributed by atoms with Crippen LogP contribution in [0.3, 0.4) is 0 Å². The summed E-state index contributed by atoms with van der Waals surface area (Å²) in [5.74, 6) is -1.46. The van der Waals surface area contributed by atoms with Crippen LogP contribution in [-0.2, 0) is 9.59 Å². The Morgan fingerprint density at radius 1 is 1.75 bits per heavy atom. The smallest absolute Gasteiger partial charge is 0.329 e. The zero-order valence-electron chi connectivity index (χ0n) is 6.47. The van der Waals surface area contributed by atoms with Gasteiger partial charge in [-0.1, -0.05) is 0 Å². The molecule has 1 aliphatic rings. The number of hydrogen-bond donors (Lipinski definition) is 2. The van der Waals surface area contributed by atoms with Crippen molar-refractivity contribution in [1.29, 1.82) is 0 Å². The molecule has 0 radical (unpaired) electrons. The first-order valence-corrected chi connectivity index (χ1v) is 3.71. The van der Waals surface area contributed by atoms with E-state index in [4.69, 9.17) is 5.11 Å². The summed E-state index contributed by atoms with van der Waals surface area (Å²) < 4.78 is 12.0. The number of rotatable bonds is 3. The SMILES string of the molecule is O=C1CCC(CCF)(C(=O)O)N1. The van der Waals surface area contributed by atoms with Crippen LogP contribution in [0.1, 0.15) is 19.3 Å². The maximum absolute atomic E-state index is 12.0. The topological polar surface area (TPSA) is 66.4 Å². The molecule has 12 heavy (non-hydrogen) atoms. The molecule has 68 valence electrons. The van der Waals surface area contributed by atoms with Crippen LogP contribution in [0.4, 0.5) is 4.39 Å². The minimum absolute atomic E-state index is 0.145. The monoisotopic (exact) mass is 175 g/mol. The Hall–Kier alpha value is -1.13. The number of amides is 1. The van der Waals surface area contributed by atoms with Crippen LogP contribution >= 0.6 is 0 Å². The molecule has 1 aliphatic heterocycles. The number of carboxylic acid groups (broad SMARTS) is 1. The van der Waals surface area contributed by atoms with Gasteiger partial charge in [0.15, 0.2) is 0 Å². The van der Waals surface area contributed by atoms with Crippen LogP contribution in [0.25, 0.3) is 0 Å². The molecule has 1 amide bonds. The van der Waals surface area contributed by atoms with Gasteiger partial charge >= 0.3 is 5.97 Å². The Bertz CT molecular complexity index is 219. The quantitative estimate of drug-likeness (QED) is 0.638. The fourth-order valence-electron chi connectivity index (χ4n) is 1.33. The molecule has 0 spiro atoms. The highest BCUT2D eigenvalue weighted by Gasteiger charge is 2.44. The third kappa shape index (κ3) is 1.39. The van der Waals surface area contributed by atoms with Gasteiger partial charge in [0.05, 0.1) is 6.67 Å². The van der Waals surface area contributed by atoms with Crippen molar-refractivity contribution in [3.8, 4) is 0 Å². The van der Waals surface area contributed by atoms with Gasteiger partial charge in [0, 0.05) is 12.8 Å². The lowest BCUT2D eigenvalue weighted by molar-refractivity contribution is -0.145. The van der Waals surface area contributed by atoms with Crippen LogP contribution < -0.4 is 5.32 Å². The van der Waals surface area contributed by atoms with Gasteiger partial charge in [-0.25, -0.2) is 4.79 Å². The molecule has 1 rings (SSSR count). The van der Waals surface area contributed by atoms with Gasteiger partial charge in [0.2, 0.25) is 5.91 Å². The number of alkyl halides is 1. The minimum Gasteiger partial charge on any atom is -0.480 e. The molecule has 1 atom stereocenters. The van der Waals surface area contributed by atoms with Gasteiger partial charge < -0.3 is 10.4 Å². The first-order valence-electron chi connectivity index (χ1n) is 3.71. The van der Waals surface area contributed by atoms with Crippen molar-refractivity contribution in [2.75, 3.05) is 6.67 Å². The van der Waals surface area contributed by atoms with Crippen molar-refractivity contribution in [2.45, 2.75) is 24.8 Å². The Balaban J connectivity index is 2.74. The molecule has 0 aliphatic carbocycles. The number of hydrogen-bond acceptors (Lipinski definition) is 2. The molecule has 4 nitrogen and oxygen atoms in total. The van der Waals surface area contributed by atoms with Crippen molar-refractivity contribution in [1.82, 2.24) is 5.32 Å². The summed E-state index contributed by atoms with van der Waals surface area (Å²) in [7, 11) is 0. The van der Waals surface area contributed by atoms with Crippen LogP contribution in [0.15, 0.2) is 0 Å². The molecule has 5 heteroatoms. The number of halogens is 1. The number of nitrogens with one attached hydrogen (secondary N) is 1. The van der Waals surface area contributed by atoms with E-state index in [1.807, 2.05) is 0 Å². The summed E-state index contributed by atoms with van der Waals surface area (Å²) in [5.41, 5.74) is -1.34. The second-order valence-electron chi connectivity index (χ2n) is 2.87. The third-order valence-corrected chi connectivity index (χ3v) is 2.09. The van der Waals surface area contributed by atoms with Gasteiger partial charge in [-0.05, 0) is 6.42 Å². The molecule has 1 fully saturated rings. The summed E-state index contributed by atoms with van der Waals surface area (Å²) in [5, 5.41) is 11.0. The zero-order valence-corrected chi connectivity index (χ0v) is 6.47. The van der Waals surface area contributed by atoms with E-state index in [-0.39, 0.29) is 25.2 Å². The van der Waals surface area contributed by atoms with Crippen molar-refractivity contribution < 1.29 is 19.1 Å². The van der Waals surface area contributed by atoms with Crippen molar-refractivity contribution >= 4 is 11.9 Å². The van der Waals surface area contributed by atoms with Gasteiger partial charge in [0.25, 0.3) is 0 Å². The maximum Gasteiger partial charge on any atom is 0.329 e. The predicted molar refractivity (Wildman–Crippen MR) is 38.3 cm³/mol. The van der Waals surface area contributed by atoms with E-state index in [9.17, 15) is 14.0 Å². The highest BCUT2D eigenvalue weighted by Crippen LogP contribution is 2.24. The Morgan fingerprint density at radius 3 is 2.75 bits per heavy atom. The van der Waals surface area contributed by atoms with E-state index in [1.165, 1.54) is 0 Å². The second kappa shape index (κ2) is 3.08. The Morgan fingerprint density at radius 2 is 2.42 bits per heavy atom. The second-order valence-corrected chi connectivity index (χ2v) is 2.87. The summed E-state index contributed by atoms with van der Waals surface area (Å²) in [4.78, 5) is 21.4. The summed E-state index contributed by atoms with van der Waals surface area (Å²) in [6.45, 7) is -0.730. The van der Waals surface area contributed by atoms with Crippen molar-refractivity contribution in [3.05, 3.63) is 0 Å². The van der Waals surface area contributed by atoms with E-state index in [0.717, 1.165) is 0 Å². The molecular weight excluding hydrogens is 165 g/mol. The summed E-state index contributed by atoms with van der Waals surface area (Å²) >= 11 is 0. The average molecular weight is 175 g/mol. The van der Waals surface area contributed by atoms with E-state index < -0.39 is 18.2 Å². The molecular formula is C7H10FNO3. The first-order chi connectivity index (χ1) is 5.60. The molecule has 0 bridgehead atoms. The molecule has 1 unspecified atom stereocenters. The Kier molecular flexibility index (Phi) is 2.30. The molecule has 1 saturated heterocycles. The fraction of sp³-hybridized carbons (Fsp3) is 0.714. The Labute approximate surface area is 68.8 Å². The molecule has 2 N–H and O–H groups in total. The fourth-order valence-corrected chi connectivity index (χ4v) is 1.33. The average Bonchev–Trinajstić information content (AvgIpc) is 2.34.